The minimum absolute atomic E-state index is 0.0298. The molecule has 0 bridgehead atoms. The van der Waals surface area contributed by atoms with Gasteiger partial charge in [-0.05, 0) is 37.8 Å². The van der Waals surface area contributed by atoms with E-state index in [-0.39, 0.29) is 11.5 Å². The second-order valence-corrected chi connectivity index (χ2v) is 7.39. The SMILES string of the molecule is O=C1CCC2(CCCO2)CCN1Cc1nc2ccccc2s1. The number of aromatic nitrogens is 1. The van der Waals surface area contributed by atoms with Gasteiger partial charge in [0.05, 0.1) is 22.4 Å². The predicted octanol–water partition coefficient (Wildman–Crippen LogP) is 3.36. The molecule has 1 unspecified atom stereocenters. The van der Waals surface area contributed by atoms with E-state index in [1.54, 1.807) is 11.3 Å². The van der Waals surface area contributed by atoms with Crippen LogP contribution >= 0.6 is 11.3 Å². The van der Waals surface area contributed by atoms with Gasteiger partial charge < -0.3 is 9.64 Å². The van der Waals surface area contributed by atoms with Gasteiger partial charge in [0.2, 0.25) is 5.91 Å². The van der Waals surface area contributed by atoms with Gasteiger partial charge in [-0.15, -0.1) is 11.3 Å². The number of nitrogens with zero attached hydrogens (tertiary/aromatic N) is 2. The van der Waals surface area contributed by atoms with Gasteiger partial charge in [-0.3, -0.25) is 4.79 Å². The van der Waals surface area contributed by atoms with Crippen LogP contribution in [-0.2, 0) is 16.1 Å². The summed E-state index contributed by atoms with van der Waals surface area (Å²) in [4.78, 5) is 19.0. The van der Waals surface area contributed by atoms with E-state index in [1.807, 2.05) is 23.1 Å². The number of rotatable bonds is 2. The molecule has 5 heteroatoms. The fourth-order valence-corrected chi connectivity index (χ4v) is 4.53. The summed E-state index contributed by atoms with van der Waals surface area (Å²) in [5.74, 6) is 0.242. The molecule has 116 valence electrons. The van der Waals surface area contributed by atoms with Gasteiger partial charge >= 0.3 is 0 Å². The third kappa shape index (κ3) is 2.63. The summed E-state index contributed by atoms with van der Waals surface area (Å²) >= 11 is 1.69. The van der Waals surface area contributed by atoms with Crippen LogP contribution in [0, 0.1) is 0 Å². The number of benzene rings is 1. The molecule has 2 fully saturated rings. The van der Waals surface area contributed by atoms with Crippen LogP contribution in [0.25, 0.3) is 10.2 Å². The summed E-state index contributed by atoms with van der Waals surface area (Å²) in [6.45, 7) is 2.27. The molecule has 1 spiro atoms. The maximum atomic E-state index is 12.4. The van der Waals surface area contributed by atoms with Crippen molar-refractivity contribution in [3.63, 3.8) is 0 Å². The van der Waals surface area contributed by atoms with E-state index in [4.69, 9.17) is 4.74 Å². The van der Waals surface area contributed by atoms with E-state index in [9.17, 15) is 4.79 Å². The number of carbonyl (C=O) groups is 1. The molecule has 2 aliphatic rings. The highest BCUT2D eigenvalue weighted by molar-refractivity contribution is 7.18. The van der Waals surface area contributed by atoms with Crippen molar-refractivity contribution in [3.8, 4) is 0 Å². The second kappa shape index (κ2) is 5.63. The van der Waals surface area contributed by atoms with Crippen LogP contribution in [0.3, 0.4) is 0 Å². The normalized spacial score (nSPS) is 26.0. The number of amides is 1. The lowest BCUT2D eigenvalue weighted by Gasteiger charge is -2.26. The smallest absolute Gasteiger partial charge is 0.223 e. The first-order valence-electron chi connectivity index (χ1n) is 8.00. The maximum absolute atomic E-state index is 12.4. The standard InChI is InChI=1S/C17H20N2O2S/c20-16-6-8-17(7-3-11-21-17)9-10-19(16)12-15-18-13-4-1-2-5-14(13)22-15/h1-2,4-5H,3,6-12H2. The molecule has 2 saturated heterocycles. The summed E-state index contributed by atoms with van der Waals surface area (Å²) in [5.41, 5.74) is 0.998. The fraction of sp³-hybridized carbons (Fsp3) is 0.529. The van der Waals surface area contributed by atoms with E-state index in [1.165, 1.54) is 4.70 Å². The summed E-state index contributed by atoms with van der Waals surface area (Å²) in [6.07, 6.45) is 4.68. The Morgan fingerprint density at radius 2 is 2.18 bits per heavy atom. The highest BCUT2D eigenvalue weighted by Gasteiger charge is 2.38. The molecule has 0 N–H and O–H groups in total. The van der Waals surface area contributed by atoms with Crippen molar-refractivity contribution in [3.05, 3.63) is 29.3 Å². The third-order valence-corrected chi connectivity index (χ3v) is 5.85. The van der Waals surface area contributed by atoms with Crippen molar-refractivity contribution in [1.82, 2.24) is 9.88 Å². The van der Waals surface area contributed by atoms with Crippen molar-refractivity contribution in [2.24, 2.45) is 0 Å². The fourth-order valence-electron chi connectivity index (χ4n) is 3.55. The lowest BCUT2D eigenvalue weighted by Crippen LogP contribution is -2.32. The second-order valence-electron chi connectivity index (χ2n) is 6.28. The number of hydrogen-bond acceptors (Lipinski definition) is 4. The Bertz CT molecular complexity index is 658. The van der Waals surface area contributed by atoms with Crippen LogP contribution in [0.15, 0.2) is 24.3 Å². The molecule has 3 heterocycles. The summed E-state index contributed by atoms with van der Waals surface area (Å²) < 4.78 is 7.15. The molecule has 22 heavy (non-hydrogen) atoms. The highest BCUT2D eigenvalue weighted by atomic mass is 32.1. The lowest BCUT2D eigenvalue weighted by atomic mass is 9.92. The molecule has 1 aromatic carbocycles. The van der Waals surface area contributed by atoms with Crippen LogP contribution in [0.2, 0.25) is 0 Å². The molecule has 0 aliphatic carbocycles. The minimum atomic E-state index is -0.0298. The number of ether oxygens (including phenoxy) is 1. The number of likely N-dealkylation sites (tertiary alicyclic amines) is 1. The molecule has 2 aromatic rings. The monoisotopic (exact) mass is 316 g/mol. The quantitative estimate of drug-likeness (QED) is 0.853. The molecule has 1 aromatic heterocycles. The Morgan fingerprint density at radius 3 is 3.00 bits per heavy atom. The number of fused-ring (bicyclic) bond motifs is 1. The zero-order chi connectivity index (χ0) is 15.0. The average Bonchev–Trinajstić information content (AvgIpc) is 3.12. The molecular formula is C17H20N2O2S. The number of thiazole rings is 1. The summed E-state index contributed by atoms with van der Waals surface area (Å²) in [6, 6.07) is 8.15. The number of hydrogen-bond donors (Lipinski definition) is 0. The van der Waals surface area contributed by atoms with Gasteiger partial charge in [-0.25, -0.2) is 4.98 Å². The zero-order valence-corrected chi connectivity index (χ0v) is 13.4. The molecule has 0 radical (unpaired) electrons. The molecule has 1 atom stereocenters. The van der Waals surface area contributed by atoms with Crippen LogP contribution in [0.5, 0.6) is 0 Å². The van der Waals surface area contributed by atoms with Crippen molar-refractivity contribution < 1.29 is 9.53 Å². The Kier molecular flexibility index (Phi) is 3.62. The topological polar surface area (TPSA) is 42.4 Å². The van der Waals surface area contributed by atoms with Gasteiger partial charge in [-0.1, -0.05) is 12.1 Å². The van der Waals surface area contributed by atoms with Gasteiger partial charge in [-0.2, -0.15) is 0 Å². The Balaban J connectivity index is 1.50. The van der Waals surface area contributed by atoms with Gasteiger partial charge in [0, 0.05) is 19.6 Å². The molecule has 0 saturated carbocycles. The Hall–Kier alpha value is -1.46. The molecule has 4 rings (SSSR count). The van der Waals surface area contributed by atoms with Crippen LogP contribution in [0.1, 0.15) is 37.1 Å². The molecule has 1 amide bonds. The van der Waals surface area contributed by atoms with Gasteiger partial charge in [0.15, 0.2) is 0 Å². The third-order valence-electron chi connectivity index (χ3n) is 4.83. The Labute approximate surface area is 134 Å². The van der Waals surface area contributed by atoms with Gasteiger partial charge in [0.25, 0.3) is 0 Å². The lowest BCUT2D eigenvalue weighted by molar-refractivity contribution is -0.131. The number of carbonyl (C=O) groups excluding carboxylic acids is 1. The van der Waals surface area contributed by atoms with Crippen LogP contribution in [0.4, 0.5) is 0 Å². The average molecular weight is 316 g/mol. The first-order chi connectivity index (χ1) is 10.7. The van der Waals surface area contributed by atoms with E-state index < -0.39 is 0 Å². The van der Waals surface area contributed by atoms with Crippen LogP contribution in [-0.4, -0.2) is 34.5 Å². The van der Waals surface area contributed by atoms with Crippen molar-refractivity contribution >= 4 is 27.5 Å². The van der Waals surface area contributed by atoms with E-state index in [2.05, 4.69) is 11.1 Å². The van der Waals surface area contributed by atoms with Crippen molar-refractivity contribution in [1.29, 1.82) is 0 Å². The van der Waals surface area contributed by atoms with Crippen LogP contribution < -0.4 is 0 Å². The zero-order valence-electron chi connectivity index (χ0n) is 12.6. The summed E-state index contributed by atoms with van der Waals surface area (Å²) in [7, 11) is 0. The van der Waals surface area contributed by atoms with Crippen molar-refractivity contribution in [2.45, 2.75) is 44.2 Å². The minimum Gasteiger partial charge on any atom is -0.375 e. The maximum Gasteiger partial charge on any atom is 0.223 e. The largest absolute Gasteiger partial charge is 0.375 e. The predicted molar refractivity (Wildman–Crippen MR) is 86.8 cm³/mol. The van der Waals surface area contributed by atoms with E-state index >= 15 is 0 Å². The first kappa shape index (κ1) is 14.2. The Morgan fingerprint density at radius 1 is 1.27 bits per heavy atom. The summed E-state index contributed by atoms with van der Waals surface area (Å²) in [5, 5.41) is 1.03. The highest BCUT2D eigenvalue weighted by Crippen LogP contribution is 2.36. The molecular weight excluding hydrogens is 296 g/mol. The van der Waals surface area contributed by atoms with E-state index in [0.717, 1.165) is 49.4 Å². The van der Waals surface area contributed by atoms with Gasteiger partial charge in [0.1, 0.15) is 5.01 Å². The molecule has 2 aliphatic heterocycles. The van der Waals surface area contributed by atoms with Crippen molar-refractivity contribution in [2.75, 3.05) is 13.2 Å². The first-order valence-corrected chi connectivity index (χ1v) is 8.82. The van der Waals surface area contributed by atoms with E-state index in [0.29, 0.717) is 13.0 Å². The number of para-hydroxylation sites is 1. The molecule has 4 nitrogen and oxygen atoms in total.